The third-order valence-electron chi connectivity index (χ3n) is 1.61. The van der Waals surface area contributed by atoms with Gasteiger partial charge in [-0.3, -0.25) is 0 Å². The summed E-state index contributed by atoms with van der Waals surface area (Å²) in [6.45, 7) is 9.92. The highest BCUT2D eigenvalue weighted by molar-refractivity contribution is 5.67. The van der Waals surface area contributed by atoms with Crippen molar-refractivity contribution in [3.05, 3.63) is 0 Å². The van der Waals surface area contributed by atoms with E-state index in [-0.39, 0.29) is 6.61 Å². The van der Waals surface area contributed by atoms with Gasteiger partial charge in [0, 0.05) is 7.11 Å². The summed E-state index contributed by atoms with van der Waals surface area (Å²) in [5.41, 5.74) is 0. The molecule has 0 bridgehead atoms. The molecule has 0 radical (unpaired) electrons. The molecule has 0 aliphatic rings. The molecule has 0 atom stereocenters. The fourth-order valence-corrected chi connectivity index (χ4v) is 0.794. The predicted molar refractivity (Wildman–Crippen MR) is 53.0 cm³/mol. The molecule has 13 heavy (non-hydrogen) atoms. The molecule has 4 heteroatoms. The lowest BCUT2D eigenvalue weighted by Crippen LogP contribution is -2.21. The van der Waals surface area contributed by atoms with Gasteiger partial charge < -0.3 is 14.7 Å². The van der Waals surface area contributed by atoms with E-state index in [9.17, 15) is 4.79 Å². The molecule has 0 amide bonds. The summed E-state index contributed by atoms with van der Waals surface area (Å²) < 4.78 is 4.20. The molecule has 80 valence electrons. The van der Waals surface area contributed by atoms with E-state index in [1.54, 1.807) is 0 Å². The number of methoxy groups -OCH3 is 1. The summed E-state index contributed by atoms with van der Waals surface area (Å²) in [6, 6.07) is 0. The van der Waals surface area contributed by atoms with Crippen LogP contribution in [0.15, 0.2) is 0 Å². The van der Waals surface area contributed by atoms with Crippen LogP contribution in [-0.2, 0) is 9.53 Å². The zero-order valence-electron chi connectivity index (χ0n) is 9.04. The van der Waals surface area contributed by atoms with Crippen LogP contribution in [0.1, 0.15) is 20.8 Å². The van der Waals surface area contributed by atoms with Crippen molar-refractivity contribution in [2.45, 2.75) is 20.8 Å². The largest absolute Gasteiger partial charge is 0.480 e. The van der Waals surface area contributed by atoms with Gasteiger partial charge in [0.1, 0.15) is 6.61 Å². The number of nitrogens with zero attached hydrogens (tertiary/aromatic N) is 1. The lowest BCUT2D eigenvalue weighted by Gasteiger charge is -2.13. The van der Waals surface area contributed by atoms with Crippen molar-refractivity contribution in [2.75, 3.05) is 33.4 Å². The van der Waals surface area contributed by atoms with Gasteiger partial charge in [0.05, 0.1) is 0 Å². The quantitative estimate of drug-likeness (QED) is 0.706. The highest BCUT2D eigenvalue weighted by atomic mass is 16.5. The minimum absolute atomic E-state index is 0.208. The highest BCUT2D eigenvalue weighted by Crippen LogP contribution is 1.81. The number of ether oxygens (including phenoxy) is 1. The fourth-order valence-electron chi connectivity index (χ4n) is 0.794. The molecule has 0 unspecified atom stereocenters. The van der Waals surface area contributed by atoms with Gasteiger partial charge in [-0.2, -0.15) is 0 Å². The number of hydrogen-bond donors (Lipinski definition) is 1. The Morgan fingerprint density at radius 2 is 1.62 bits per heavy atom. The maximum atomic E-state index is 9.47. The van der Waals surface area contributed by atoms with Crippen molar-refractivity contribution in [3.63, 3.8) is 0 Å². The highest BCUT2D eigenvalue weighted by Gasteiger charge is 1.89. The SMILES string of the molecule is CCN(CC)CC.COCC(=O)O. The zero-order chi connectivity index (χ0) is 10.7. The maximum Gasteiger partial charge on any atom is 0.329 e. The number of aliphatic carboxylic acids is 1. The molecule has 0 aromatic carbocycles. The van der Waals surface area contributed by atoms with Crippen LogP contribution in [0.5, 0.6) is 0 Å². The summed E-state index contributed by atoms with van der Waals surface area (Å²) in [5, 5.41) is 7.79. The summed E-state index contributed by atoms with van der Waals surface area (Å²) in [4.78, 5) is 11.8. The Labute approximate surface area is 80.5 Å². The molecule has 0 aliphatic carbocycles. The van der Waals surface area contributed by atoms with Crippen LogP contribution < -0.4 is 0 Å². The second kappa shape index (κ2) is 11.4. The van der Waals surface area contributed by atoms with E-state index in [1.807, 2.05) is 0 Å². The third kappa shape index (κ3) is 14.3. The van der Waals surface area contributed by atoms with Gasteiger partial charge in [0.25, 0.3) is 0 Å². The smallest absolute Gasteiger partial charge is 0.329 e. The Bertz CT molecular complexity index is 108. The number of carboxylic acid groups (broad SMARTS) is 1. The van der Waals surface area contributed by atoms with Crippen LogP contribution in [0.2, 0.25) is 0 Å². The minimum atomic E-state index is -0.933. The molecular formula is C9H21NO3. The zero-order valence-corrected chi connectivity index (χ0v) is 9.04. The van der Waals surface area contributed by atoms with E-state index >= 15 is 0 Å². The molecule has 1 N–H and O–H groups in total. The third-order valence-corrected chi connectivity index (χ3v) is 1.61. The van der Waals surface area contributed by atoms with E-state index in [4.69, 9.17) is 5.11 Å². The summed E-state index contributed by atoms with van der Waals surface area (Å²) in [6.07, 6.45) is 0. The number of carboxylic acids is 1. The average Bonchev–Trinajstić information content (AvgIpc) is 2.08. The van der Waals surface area contributed by atoms with Crippen LogP contribution >= 0.6 is 0 Å². The summed E-state index contributed by atoms with van der Waals surface area (Å²) in [5.74, 6) is -0.933. The molecular weight excluding hydrogens is 170 g/mol. The molecule has 0 aromatic heterocycles. The first kappa shape index (κ1) is 14.9. The standard InChI is InChI=1S/C6H15N.C3H6O3/c1-4-7(5-2)6-3;1-6-2-3(4)5/h4-6H2,1-3H3;2H2,1H3,(H,4,5). The van der Waals surface area contributed by atoms with Crippen LogP contribution in [0.4, 0.5) is 0 Å². The van der Waals surface area contributed by atoms with Crippen molar-refractivity contribution in [1.29, 1.82) is 0 Å². The van der Waals surface area contributed by atoms with E-state index in [2.05, 4.69) is 30.4 Å². The molecule has 0 aliphatic heterocycles. The number of hydrogen-bond acceptors (Lipinski definition) is 3. The second-order valence-electron chi connectivity index (χ2n) is 2.45. The number of rotatable bonds is 5. The molecule has 0 fully saturated rings. The Balaban J connectivity index is 0. The van der Waals surface area contributed by atoms with Crippen LogP contribution in [0.3, 0.4) is 0 Å². The first-order valence-corrected chi connectivity index (χ1v) is 4.55. The molecule has 0 aromatic rings. The molecule has 0 spiro atoms. The predicted octanol–water partition coefficient (Wildman–Crippen LogP) is 1.07. The van der Waals surface area contributed by atoms with Crippen LogP contribution in [-0.4, -0.2) is 49.3 Å². The van der Waals surface area contributed by atoms with Crippen LogP contribution in [0, 0.1) is 0 Å². The first-order chi connectivity index (χ1) is 6.12. The second-order valence-corrected chi connectivity index (χ2v) is 2.45. The Kier molecular flexibility index (Phi) is 13.0. The maximum absolute atomic E-state index is 9.47. The molecule has 0 saturated heterocycles. The van der Waals surface area contributed by atoms with Crippen molar-refractivity contribution < 1.29 is 14.6 Å². The van der Waals surface area contributed by atoms with E-state index in [1.165, 1.54) is 26.7 Å². The van der Waals surface area contributed by atoms with Crippen molar-refractivity contribution in [1.82, 2.24) is 4.90 Å². The minimum Gasteiger partial charge on any atom is -0.480 e. The summed E-state index contributed by atoms with van der Waals surface area (Å²) >= 11 is 0. The van der Waals surface area contributed by atoms with Crippen molar-refractivity contribution in [3.8, 4) is 0 Å². The lowest BCUT2D eigenvalue weighted by molar-refractivity contribution is -0.141. The average molecular weight is 191 g/mol. The van der Waals surface area contributed by atoms with E-state index in [0.29, 0.717) is 0 Å². The van der Waals surface area contributed by atoms with Gasteiger partial charge >= 0.3 is 5.97 Å². The van der Waals surface area contributed by atoms with E-state index in [0.717, 1.165) is 0 Å². The van der Waals surface area contributed by atoms with Crippen molar-refractivity contribution >= 4 is 5.97 Å². The monoisotopic (exact) mass is 191 g/mol. The normalized spacial score (nSPS) is 9.31. The summed E-state index contributed by atoms with van der Waals surface area (Å²) in [7, 11) is 1.34. The molecule has 0 saturated carbocycles. The van der Waals surface area contributed by atoms with Crippen LogP contribution in [0.25, 0.3) is 0 Å². The van der Waals surface area contributed by atoms with Gasteiger partial charge in [0.2, 0.25) is 0 Å². The van der Waals surface area contributed by atoms with Gasteiger partial charge in [-0.1, -0.05) is 20.8 Å². The fraction of sp³-hybridized carbons (Fsp3) is 0.889. The molecule has 4 nitrogen and oxygen atoms in total. The Hall–Kier alpha value is -0.610. The van der Waals surface area contributed by atoms with Crippen molar-refractivity contribution in [2.24, 2.45) is 0 Å². The lowest BCUT2D eigenvalue weighted by atomic mass is 10.5. The molecule has 0 heterocycles. The van der Waals surface area contributed by atoms with Gasteiger partial charge in [-0.25, -0.2) is 4.79 Å². The molecule has 0 rings (SSSR count). The van der Waals surface area contributed by atoms with Gasteiger partial charge in [0.15, 0.2) is 0 Å². The topological polar surface area (TPSA) is 49.8 Å². The van der Waals surface area contributed by atoms with Gasteiger partial charge in [-0.15, -0.1) is 0 Å². The van der Waals surface area contributed by atoms with E-state index < -0.39 is 5.97 Å². The Morgan fingerprint density at radius 3 is 1.62 bits per heavy atom. The number of carbonyl (C=O) groups is 1. The van der Waals surface area contributed by atoms with Gasteiger partial charge in [-0.05, 0) is 19.6 Å². The Morgan fingerprint density at radius 1 is 1.23 bits per heavy atom. The first-order valence-electron chi connectivity index (χ1n) is 4.55.